The Labute approximate surface area is 115 Å². The summed E-state index contributed by atoms with van der Waals surface area (Å²) in [6.07, 6.45) is -0.433. The summed E-state index contributed by atoms with van der Waals surface area (Å²) in [5.74, 6) is 0. The van der Waals surface area contributed by atoms with Gasteiger partial charge in [-0.25, -0.2) is 4.79 Å². The van der Waals surface area contributed by atoms with Gasteiger partial charge in [-0.2, -0.15) is 0 Å². The van der Waals surface area contributed by atoms with Gasteiger partial charge in [-0.3, -0.25) is 0 Å². The van der Waals surface area contributed by atoms with Crippen molar-refractivity contribution in [3.8, 4) is 0 Å². The van der Waals surface area contributed by atoms with E-state index in [0.717, 1.165) is 5.56 Å². The molecule has 1 amide bonds. The number of alkyl carbamates (subject to hydrolysis) is 1. The quantitative estimate of drug-likeness (QED) is 0.879. The van der Waals surface area contributed by atoms with Crippen LogP contribution in [0.4, 0.5) is 4.79 Å². The van der Waals surface area contributed by atoms with Crippen LogP contribution < -0.4 is 11.1 Å². The summed E-state index contributed by atoms with van der Waals surface area (Å²) in [7, 11) is 0. The lowest BCUT2D eigenvalue weighted by molar-refractivity contribution is 0.148. The van der Waals surface area contributed by atoms with Crippen LogP contribution in [0.2, 0.25) is 0 Å². The number of carbonyl (C=O) groups excluding carboxylic acids is 1. The normalized spacial score (nSPS) is 12.9. The Kier molecular flexibility index (Phi) is 5.36. The highest BCUT2D eigenvalue weighted by Crippen LogP contribution is 2.23. The van der Waals surface area contributed by atoms with Gasteiger partial charge in [-0.1, -0.05) is 45.0 Å². The van der Waals surface area contributed by atoms with Gasteiger partial charge in [0.15, 0.2) is 0 Å². The van der Waals surface area contributed by atoms with E-state index in [9.17, 15) is 4.79 Å². The van der Waals surface area contributed by atoms with Gasteiger partial charge in [-0.15, -0.1) is 0 Å². The van der Waals surface area contributed by atoms with Crippen molar-refractivity contribution in [2.24, 2.45) is 5.73 Å². The topological polar surface area (TPSA) is 64.3 Å². The van der Waals surface area contributed by atoms with Crippen molar-refractivity contribution in [2.45, 2.75) is 39.2 Å². The number of hydrogen-bond acceptors (Lipinski definition) is 3. The zero-order valence-electron chi connectivity index (χ0n) is 12.2. The molecule has 1 aromatic rings. The van der Waals surface area contributed by atoms with Crippen molar-refractivity contribution in [2.75, 3.05) is 13.2 Å². The third-order valence-electron chi connectivity index (χ3n) is 2.98. The van der Waals surface area contributed by atoms with Gasteiger partial charge in [0, 0.05) is 6.54 Å². The summed E-state index contributed by atoms with van der Waals surface area (Å²) in [5.41, 5.74) is 8.06. The fraction of sp³-hybridized carbons (Fsp3) is 0.533. The molecule has 0 heterocycles. The van der Waals surface area contributed by atoms with Crippen LogP contribution in [0, 0.1) is 0 Å². The zero-order valence-corrected chi connectivity index (χ0v) is 12.2. The molecule has 0 spiro atoms. The number of nitrogens with two attached hydrogens (primary N) is 1. The number of amides is 1. The Hall–Kier alpha value is -1.55. The lowest BCUT2D eigenvalue weighted by Gasteiger charge is -2.21. The number of rotatable bonds is 4. The van der Waals surface area contributed by atoms with Crippen LogP contribution in [0.3, 0.4) is 0 Å². The van der Waals surface area contributed by atoms with E-state index in [4.69, 9.17) is 10.5 Å². The second kappa shape index (κ2) is 6.57. The largest absolute Gasteiger partial charge is 0.450 e. The van der Waals surface area contributed by atoms with Crippen LogP contribution in [0.25, 0.3) is 0 Å². The predicted octanol–water partition coefficient (Wildman–Crippen LogP) is 2.73. The van der Waals surface area contributed by atoms with Gasteiger partial charge in [-0.05, 0) is 23.5 Å². The predicted molar refractivity (Wildman–Crippen MR) is 77.1 cm³/mol. The Morgan fingerprint density at radius 1 is 1.32 bits per heavy atom. The average molecular weight is 264 g/mol. The highest BCUT2D eigenvalue weighted by atomic mass is 16.5. The first kappa shape index (κ1) is 15.5. The van der Waals surface area contributed by atoms with Gasteiger partial charge < -0.3 is 15.8 Å². The molecule has 0 aliphatic heterocycles. The molecule has 0 fully saturated rings. The molecule has 0 saturated heterocycles. The lowest BCUT2D eigenvalue weighted by atomic mass is 9.86. The van der Waals surface area contributed by atoms with Gasteiger partial charge in [0.25, 0.3) is 0 Å². The summed E-state index contributed by atoms with van der Waals surface area (Å²) in [4.78, 5) is 11.4. The van der Waals surface area contributed by atoms with Crippen molar-refractivity contribution in [1.29, 1.82) is 0 Å². The Morgan fingerprint density at radius 2 is 1.89 bits per heavy atom. The van der Waals surface area contributed by atoms with Gasteiger partial charge in [0.2, 0.25) is 0 Å². The molecular weight excluding hydrogens is 240 g/mol. The summed E-state index contributed by atoms with van der Waals surface area (Å²) in [6, 6.07) is 7.94. The number of nitrogens with one attached hydrogen (secondary N) is 1. The molecule has 0 radical (unpaired) electrons. The van der Waals surface area contributed by atoms with E-state index in [-0.39, 0.29) is 11.5 Å². The maximum atomic E-state index is 11.4. The van der Waals surface area contributed by atoms with Crippen LogP contribution in [0.1, 0.15) is 44.9 Å². The number of benzene rings is 1. The summed E-state index contributed by atoms with van der Waals surface area (Å²) in [5, 5.41) is 2.76. The van der Waals surface area contributed by atoms with E-state index in [1.54, 1.807) is 6.92 Å². The van der Waals surface area contributed by atoms with Crippen molar-refractivity contribution >= 4 is 6.09 Å². The Bertz CT molecular complexity index is 407. The highest BCUT2D eigenvalue weighted by Gasteiger charge is 2.16. The molecule has 4 nitrogen and oxygen atoms in total. The number of carbonyl (C=O) groups is 1. The fourth-order valence-electron chi connectivity index (χ4n) is 1.81. The standard InChI is InChI=1S/C15H24N2O2/c1-5-19-14(18)17-13(10-16)11-6-8-12(9-7-11)15(2,3)4/h6-9,13H,5,10,16H2,1-4H3,(H,17,18). The van der Waals surface area contributed by atoms with Gasteiger partial charge in [0.1, 0.15) is 0 Å². The third kappa shape index (κ3) is 4.56. The van der Waals surface area contributed by atoms with Crippen molar-refractivity contribution in [3.63, 3.8) is 0 Å². The van der Waals surface area contributed by atoms with Crippen LogP contribution in [0.5, 0.6) is 0 Å². The average Bonchev–Trinajstić information content (AvgIpc) is 2.35. The zero-order chi connectivity index (χ0) is 14.5. The van der Waals surface area contributed by atoms with Gasteiger partial charge >= 0.3 is 6.09 Å². The van der Waals surface area contributed by atoms with E-state index in [0.29, 0.717) is 13.2 Å². The molecule has 1 aromatic carbocycles. The first-order valence-corrected chi connectivity index (χ1v) is 6.62. The monoisotopic (exact) mass is 264 g/mol. The van der Waals surface area contributed by atoms with E-state index in [1.165, 1.54) is 5.56 Å². The highest BCUT2D eigenvalue weighted by molar-refractivity contribution is 5.67. The van der Waals surface area contributed by atoms with E-state index < -0.39 is 6.09 Å². The first-order chi connectivity index (χ1) is 8.88. The molecule has 1 rings (SSSR count). The molecule has 4 heteroatoms. The van der Waals surface area contributed by atoms with Crippen LogP contribution in [-0.4, -0.2) is 19.2 Å². The first-order valence-electron chi connectivity index (χ1n) is 6.62. The van der Waals surface area contributed by atoms with E-state index in [1.807, 2.05) is 12.1 Å². The molecule has 0 bridgehead atoms. The number of ether oxygens (including phenoxy) is 1. The Morgan fingerprint density at radius 3 is 2.32 bits per heavy atom. The van der Waals surface area contributed by atoms with Crippen molar-refractivity contribution < 1.29 is 9.53 Å². The van der Waals surface area contributed by atoms with E-state index >= 15 is 0 Å². The molecule has 106 valence electrons. The minimum absolute atomic E-state index is 0.116. The van der Waals surface area contributed by atoms with Crippen LogP contribution >= 0.6 is 0 Å². The van der Waals surface area contributed by atoms with Gasteiger partial charge in [0.05, 0.1) is 12.6 Å². The third-order valence-corrected chi connectivity index (χ3v) is 2.98. The molecule has 0 aliphatic carbocycles. The van der Waals surface area contributed by atoms with Crippen LogP contribution in [0.15, 0.2) is 24.3 Å². The molecule has 0 aliphatic rings. The molecule has 3 N–H and O–H groups in total. The molecular formula is C15H24N2O2. The summed E-state index contributed by atoms with van der Waals surface area (Å²) < 4.78 is 4.87. The molecule has 1 atom stereocenters. The SMILES string of the molecule is CCOC(=O)NC(CN)c1ccc(C(C)(C)C)cc1. The Balaban J connectivity index is 2.79. The smallest absolute Gasteiger partial charge is 0.407 e. The van der Waals surface area contributed by atoms with Crippen molar-refractivity contribution in [3.05, 3.63) is 35.4 Å². The molecule has 1 unspecified atom stereocenters. The molecule has 0 saturated carbocycles. The summed E-state index contributed by atoms with van der Waals surface area (Å²) in [6.45, 7) is 8.97. The van der Waals surface area contributed by atoms with E-state index in [2.05, 4.69) is 38.2 Å². The second-order valence-corrected chi connectivity index (χ2v) is 5.53. The molecule has 19 heavy (non-hydrogen) atoms. The summed E-state index contributed by atoms with van der Waals surface area (Å²) >= 11 is 0. The maximum Gasteiger partial charge on any atom is 0.407 e. The minimum atomic E-state index is -0.433. The minimum Gasteiger partial charge on any atom is -0.450 e. The van der Waals surface area contributed by atoms with Crippen LogP contribution in [-0.2, 0) is 10.2 Å². The maximum absolute atomic E-state index is 11.4. The van der Waals surface area contributed by atoms with Crippen molar-refractivity contribution in [1.82, 2.24) is 5.32 Å². The number of hydrogen-bond donors (Lipinski definition) is 2. The lowest BCUT2D eigenvalue weighted by Crippen LogP contribution is -2.33. The second-order valence-electron chi connectivity index (χ2n) is 5.53. The molecule has 0 aromatic heterocycles. The fourth-order valence-corrected chi connectivity index (χ4v) is 1.81.